The van der Waals surface area contributed by atoms with Crippen molar-refractivity contribution >= 4 is 11.6 Å². The molecule has 3 atom stereocenters. The van der Waals surface area contributed by atoms with Gasteiger partial charge in [-0.1, -0.05) is 86.8 Å². The van der Waals surface area contributed by atoms with E-state index in [1.165, 1.54) is 77.6 Å². The Morgan fingerprint density at radius 3 is 1.85 bits per heavy atom. The van der Waals surface area contributed by atoms with Crippen molar-refractivity contribution in [2.45, 2.75) is 140 Å². The molecule has 3 unspecified atom stereocenters. The van der Waals surface area contributed by atoms with Crippen LogP contribution < -0.4 is 0 Å². The summed E-state index contributed by atoms with van der Waals surface area (Å²) in [5, 5.41) is 0. The van der Waals surface area contributed by atoms with Crippen LogP contribution in [0.2, 0.25) is 0 Å². The minimum atomic E-state index is -0.632. The number of rotatable bonds is 21. The molecule has 0 amide bonds. The first-order chi connectivity index (χ1) is 18.8. The highest BCUT2D eigenvalue weighted by Gasteiger charge is 2.27. The molecule has 0 radical (unpaired) electrons. The van der Waals surface area contributed by atoms with Gasteiger partial charge in [-0.15, -0.1) is 0 Å². The predicted octanol–water partition coefficient (Wildman–Crippen LogP) is 10.7. The zero-order chi connectivity index (χ0) is 31.3. The lowest BCUT2D eigenvalue weighted by Gasteiger charge is -2.26. The molecule has 0 bridgehead atoms. The summed E-state index contributed by atoms with van der Waals surface area (Å²) in [6.45, 7) is 30.2. The van der Waals surface area contributed by atoms with E-state index in [0.29, 0.717) is 18.8 Å². The standard InChI is InChI=1S/C21H33FO2.C15H33N/c1-9-14(4)21(24)19(11-10-16(6)23)18(8)20(22)12-15(5)17(7)13(2)3;1-5-9-11-15(10-6-2)14-16(12-7-3)13-8-4/h12-14,19H,8-11H2,1-7H3;15H,5-14H2,1-4H3/b17-15-,20-12+;. The Morgan fingerprint density at radius 1 is 0.850 bits per heavy atom. The summed E-state index contributed by atoms with van der Waals surface area (Å²) < 4.78 is 14.7. The zero-order valence-electron chi connectivity index (χ0n) is 28.4. The number of nitrogens with zero attached hydrogens (tertiary/aromatic N) is 1. The molecule has 0 spiro atoms. The van der Waals surface area contributed by atoms with Crippen molar-refractivity contribution in [2.75, 3.05) is 19.6 Å². The second kappa shape index (κ2) is 24.1. The van der Waals surface area contributed by atoms with Crippen LogP contribution in [0.25, 0.3) is 0 Å². The molecule has 0 saturated carbocycles. The topological polar surface area (TPSA) is 37.4 Å². The number of ketones is 2. The van der Waals surface area contributed by atoms with Crippen LogP contribution in [0.1, 0.15) is 140 Å². The van der Waals surface area contributed by atoms with Crippen molar-refractivity contribution in [2.24, 2.45) is 23.7 Å². The molecule has 0 aromatic heterocycles. The van der Waals surface area contributed by atoms with E-state index < -0.39 is 11.7 Å². The van der Waals surface area contributed by atoms with E-state index in [4.69, 9.17) is 0 Å². The molecule has 3 nitrogen and oxygen atoms in total. The first-order valence-electron chi connectivity index (χ1n) is 16.3. The second-order valence-corrected chi connectivity index (χ2v) is 12.1. The van der Waals surface area contributed by atoms with Gasteiger partial charge in [-0.3, -0.25) is 4.79 Å². The third-order valence-corrected chi connectivity index (χ3v) is 8.04. The summed E-state index contributed by atoms with van der Waals surface area (Å²) in [6.07, 6.45) is 12.3. The fourth-order valence-corrected chi connectivity index (χ4v) is 4.92. The highest BCUT2D eigenvalue weighted by Crippen LogP contribution is 2.29. The van der Waals surface area contributed by atoms with Crippen molar-refractivity contribution in [1.82, 2.24) is 4.90 Å². The van der Waals surface area contributed by atoms with Crippen LogP contribution in [0.5, 0.6) is 0 Å². The van der Waals surface area contributed by atoms with E-state index in [1.807, 2.05) is 27.7 Å². The van der Waals surface area contributed by atoms with Gasteiger partial charge in [0.25, 0.3) is 0 Å². The molecule has 0 aromatic carbocycles. The number of carbonyl (C=O) groups is 2. The molecular formula is C36H66FNO2. The normalized spacial score (nSPS) is 14.8. The van der Waals surface area contributed by atoms with Crippen LogP contribution in [0.3, 0.4) is 0 Å². The zero-order valence-corrected chi connectivity index (χ0v) is 28.4. The number of hydrogen-bond acceptors (Lipinski definition) is 3. The maximum absolute atomic E-state index is 14.7. The van der Waals surface area contributed by atoms with E-state index in [2.05, 4.69) is 53.0 Å². The molecule has 4 heteroatoms. The molecule has 234 valence electrons. The van der Waals surface area contributed by atoms with Gasteiger partial charge in [0, 0.05) is 24.8 Å². The van der Waals surface area contributed by atoms with Crippen LogP contribution in [-0.4, -0.2) is 36.1 Å². The molecule has 40 heavy (non-hydrogen) atoms. The Labute approximate surface area is 249 Å². The van der Waals surface area contributed by atoms with E-state index in [0.717, 1.165) is 17.1 Å². The minimum absolute atomic E-state index is 0.000804. The molecule has 0 heterocycles. The van der Waals surface area contributed by atoms with Crippen molar-refractivity contribution in [1.29, 1.82) is 0 Å². The lowest BCUT2D eigenvalue weighted by Crippen LogP contribution is -2.31. The Balaban J connectivity index is 0. The van der Waals surface area contributed by atoms with Crippen molar-refractivity contribution < 1.29 is 14.0 Å². The predicted molar refractivity (Wildman–Crippen MR) is 174 cm³/mol. The summed E-state index contributed by atoms with van der Waals surface area (Å²) >= 11 is 0. The molecule has 0 aliphatic rings. The van der Waals surface area contributed by atoms with Gasteiger partial charge in [-0.25, -0.2) is 4.39 Å². The number of hydrogen-bond donors (Lipinski definition) is 0. The SMILES string of the molecule is C=C(/C(F)=C\C(C)=C(\C)C(C)C)C(CCC(C)=O)C(=O)C(C)CC.CCCCC(CCC)CN(CCC)CCC. The highest BCUT2D eigenvalue weighted by molar-refractivity contribution is 5.87. The molecule has 0 aromatic rings. The highest BCUT2D eigenvalue weighted by atomic mass is 19.1. The third kappa shape index (κ3) is 18.0. The van der Waals surface area contributed by atoms with Gasteiger partial charge >= 0.3 is 0 Å². The van der Waals surface area contributed by atoms with E-state index in [1.54, 1.807) is 0 Å². The Bertz CT molecular complexity index is 774. The average molecular weight is 564 g/mol. The van der Waals surface area contributed by atoms with E-state index in [-0.39, 0.29) is 29.5 Å². The molecule has 0 aliphatic heterocycles. The van der Waals surface area contributed by atoms with Gasteiger partial charge in [0.1, 0.15) is 17.4 Å². The molecule has 0 saturated heterocycles. The maximum atomic E-state index is 14.7. The summed E-state index contributed by atoms with van der Waals surface area (Å²) in [7, 11) is 0. The van der Waals surface area contributed by atoms with Crippen LogP contribution in [-0.2, 0) is 9.59 Å². The van der Waals surface area contributed by atoms with Gasteiger partial charge in [0.15, 0.2) is 0 Å². The third-order valence-electron chi connectivity index (χ3n) is 8.04. The maximum Gasteiger partial charge on any atom is 0.143 e. The van der Waals surface area contributed by atoms with Crippen molar-refractivity contribution in [3.63, 3.8) is 0 Å². The van der Waals surface area contributed by atoms with Crippen LogP contribution in [0.4, 0.5) is 4.39 Å². The van der Waals surface area contributed by atoms with E-state index in [9.17, 15) is 14.0 Å². The fourth-order valence-electron chi connectivity index (χ4n) is 4.92. The molecule has 0 aliphatic carbocycles. The van der Waals surface area contributed by atoms with Crippen LogP contribution >= 0.6 is 0 Å². The monoisotopic (exact) mass is 564 g/mol. The second-order valence-electron chi connectivity index (χ2n) is 12.1. The number of Topliss-reactive ketones (excluding diaryl/α,β-unsaturated/α-hetero) is 2. The Kier molecular flexibility index (Phi) is 24.4. The molecule has 0 rings (SSSR count). The molecular weight excluding hydrogens is 497 g/mol. The number of carbonyl (C=O) groups excluding carboxylic acids is 2. The van der Waals surface area contributed by atoms with Gasteiger partial charge in [0.2, 0.25) is 0 Å². The number of unbranched alkanes of at least 4 members (excludes halogenated alkanes) is 1. The first kappa shape index (κ1) is 40.6. The largest absolute Gasteiger partial charge is 0.303 e. The quantitative estimate of drug-likeness (QED) is 0.130. The average Bonchev–Trinajstić information content (AvgIpc) is 2.90. The minimum Gasteiger partial charge on any atom is -0.303 e. The molecule has 0 fully saturated rings. The Hall–Kier alpha value is -1.55. The summed E-state index contributed by atoms with van der Waals surface area (Å²) in [4.78, 5) is 26.5. The van der Waals surface area contributed by atoms with Gasteiger partial charge in [-0.2, -0.15) is 0 Å². The van der Waals surface area contributed by atoms with Crippen molar-refractivity contribution in [3.8, 4) is 0 Å². The number of allylic oxidation sites excluding steroid dienone is 5. The number of halogens is 1. The fraction of sp³-hybridized carbons (Fsp3) is 0.778. The van der Waals surface area contributed by atoms with E-state index >= 15 is 0 Å². The van der Waals surface area contributed by atoms with Crippen LogP contribution in [0.15, 0.2) is 35.2 Å². The summed E-state index contributed by atoms with van der Waals surface area (Å²) in [5.41, 5.74) is 2.15. The van der Waals surface area contributed by atoms with Gasteiger partial charge in [-0.05, 0) is 101 Å². The summed E-state index contributed by atoms with van der Waals surface area (Å²) in [5.74, 6) is -0.0125. The lowest BCUT2D eigenvalue weighted by molar-refractivity contribution is -0.125. The molecule has 0 N–H and O–H groups in total. The van der Waals surface area contributed by atoms with Gasteiger partial charge in [0.05, 0.1) is 0 Å². The van der Waals surface area contributed by atoms with Gasteiger partial charge < -0.3 is 9.69 Å². The smallest absolute Gasteiger partial charge is 0.143 e. The van der Waals surface area contributed by atoms with Crippen LogP contribution in [0, 0.1) is 23.7 Å². The first-order valence-corrected chi connectivity index (χ1v) is 16.3. The lowest BCUT2D eigenvalue weighted by atomic mass is 9.83. The Morgan fingerprint density at radius 2 is 1.43 bits per heavy atom. The summed E-state index contributed by atoms with van der Waals surface area (Å²) in [6, 6.07) is 0. The van der Waals surface area contributed by atoms with Crippen molar-refractivity contribution in [3.05, 3.63) is 35.2 Å².